The number of methoxy groups -OCH3 is 1. The van der Waals surface area contributed by atoms with Gasteiger partial charge in [0.2, 0.25) is 0 Å². The second kappa shape index (κ2) is 6.51. The number of hydrogen-bond donors (Lipinski definition) is 0. The van der Waals surface area contributed by atoms with Crippen LogP contribution in [0.1, 0.15) is 18.0 Å². The highest BCUT2D eigenvalue weighted by atomic mass is 32.2. The molecule has 18 heavy (non-hydrogen) atoms. The van der Waals surface area contributed by atoms with E-state index in [0.717, 1.165) is 23.9 Å². The highest BCUT2D eigenvalue weighted by Gasteiger charge is 2.15. The minimum atomic E-state index is 0.232. The predicted octanol–water partition coefficient (Wildman–Crippen LogP) is 2.10. The summed E-state index contributed by atoms with van der Waals surface area (Å²) in [5.74, 6) is 1.79. The van der Waals surface area contributed by atoms with Crippen molar-refractivity contribution in [1.29, 1.82) is 0 Å². The van der Waals surface area contributed by atoms with Crippen molar-refractivity contribution in [3.8, 4) is 5.69 Å². The van der Waals surface area contributed by atoms with Gasteiger partial charge in [0.25, 0.3) is 0 Å². The van der Waals surface area contributed by atoms with Gasteiger partial charge in [-0.2, -0.15) is 4.68 Å². The molecule has 1 aromatic heterocycles. The summed E-state index contributed by atoms with van der Waals surface area (Å²) in [6.07, 6.45) is 0. The monoisotopic (exact) mass is 264 g/mol. The normalized spacial score (nSPS) is 12.6. The molecule has 0 N–H and O–H groups in total. The van der Waals surface area contributed by atoms with Gasteiger partial charge in [0.1, 0.15) is 0 Å². The topological polar surface area (TPSA) is 52.8 Å². The van der Waals surface area contributed by atoms with E-state index >= 15 is 0 Å². The summed E-state index contributed by atoms with van der Waals surface area (Å²) in [6.45, 7) is 2.84. The summed E-state index contributed by atoms with van der Waals surface area (Å²) in [5, 5.41) is 12.2. The van der Waals surface area contributed by atoms with Gasteiger partial charge in [0.05, 0.1) is 17.5 Å². The summed E-state index contributed by atoms with van der Waals surface area (Å²) in [4.78, 5) is 0. The summed E-state index contributed by atoms with van der Waals surface area (Å²) in [7, 11) is 1.71. The number of rotatable bonds is 6. The van der Waals surface area contributed by atoms with E-state index in [2.05, 4.69) is 22.4 Å². The second-order valence-corrected chi connectivity index (χ2v) is 5.24. The van der Waals surface area contributed by atoms with Crippen molar-refractivity contribution in [1.82, 2.24) is 20.2 Å². The Hall–Kier alpha value is -1.40. The number of para-hydroxylation sites is 1. The number of tetrazole rings is 1. The zero-order chi connectivity index (χ0) is 12.8. The van der Waals surface area contributed by atoms with Gasteiger partial charge in [0.15, 0.2) is 5.82 Å². The third kappa shape index (κ3) is 3.08. The van der Waals surface area contributed by atoms with Crippen LogP contribution in [0, 0.1) is 0 Å². The van der Waals surface area contributed by atoms with E-state index in [-0.39, 0.29) is 5.25 Å². The van der Waals surface area contributed by atoms with Crippen LogP contribution in [-0.4, -0.2) is 39.7 Å². The highest BCUT2D eigenvalue weighted by molar-refractivity contribution is 7.99. The fourth-order valence-electron chi connectivity index (χ4n) is 1.58. The van der Waals surface area contributed by atoms with Crippen molar-refractivity contribution >= 4 is 11.8 Å². The van der Waals surface area contributed by atoms with Crippen LogP contribution in [0.4, 0.5) is 0 Å². The number of hydrogen-bond acceptors (Lipinski definition) is 5. The summed E-state index contributed by atoms with van der Waals surface area (Å²) < 4.78 is 6.83. The highest BCUT2D eigenvalue weighted by Crippen LogP contribution is 2.27. The number of benzene rings is 1. The Morgan fingerprint density at radius 2 is 2.11 bits per heavy atom. The maximum absolute atomic E-state index is 5.05. The predicted molar refractivity (Wildman–Crippen MR) is 71.9 cm³/mol. The molecule has 0 aliphatic rings. The average Bonchev–Trinajstić information content (AvgIpc) is 2.89. The molecule has 0 saturated carbocycles. The molecule has 0 aliphatic heterocycles. The average molecular weight is 264 g/mol. The van der Waals surface area contributed by atoms with Crippen LogP contribution >= 0.6 is 11.8 Å². The van der Waals surface area contributed by atoms with Gasteiger partial charge in [-0.15, -0.1) is 16.9 Å². The SMILES string of the molecule is COCCS[C@@H](C)c1nnnn1-c1ccccc1. The quantitative estimate of drug-likeness (QED) is 0.748. The lowest BCUT2D eigenvalue weighted by atomic mass is 10.3. The Morgan fingerprint density at radius 3 is 2.83 bits per heavy atom. The van der Waals surface area contributed by atoms with Crippen LogP contribution in [0.2, 0.25) is 0 Å². The van der Waals surface area contributed by atoms with Crippen LogP contribution in [-0.2, 0) is 4.74 Å². The molecule has 2 aromatic rings. The molecule has 0 bridgehead atoms. The maximum atomic E-state index is 5.05. The first kappa shape index (κ1) is 13.0. The first-order valence-electron chi connectivity index (χ1n) is 5.77. The summed E-state index contributed by atoms with van der Waals surface area (Å²) >= 11 is 1.78. The van der Waals surface area contributed by atoms with Crippen molar-refractivity contribution in [3.05, 3.63) is 36.2 Å². The smallest absolute Gasteiger partial charge is 0.169 e. The van der Waals surface area contributed by atoms with Crippen molar-refractivity contribution < 1.29 is 4.74 Å². The molecule has 0 fully saturated rings. The molecule has 0 radical (unpaired) electrons. The van der Waals surface area contributed by atoms with Crippen molar-refractivity contribution in [2.24, 2.45) is 0 Å². The zero-order valence-electron chi connectivity index (χ0n) is 10.5. The standard InChI is InChI=1S/C12H16N4OS/c1-10(18-9-8-17-2)12-13-14-15-16(12)11-6-4-3-5-7-11/h3-7,10H,8-9H2,1-2H3/t10-/m0/s1. The molecule has 1 heterocycles. The van der Waals surface area contributed by atoms with E-state index in [1.165, 1.54) is 0 Å². The molecule has 2 rings (SSSR count). The molecule has 0 saturated heterocycles. The number of thioether (sulfide) groups is 1. The largest absolute Gasteiger partial charge is 0.384 e. The van der Waals surface area contributed by atoms with Crippen LogP contribution in [0.3, 0.4) is 0 Å². The molecule has 0 aliphatic carbocycles. The van der Waals surface area contributed by atoms with Crippen molar-refractivity contribution in [2.45, 2.75) is 12.2 Å². The number of ether oxygens (including phenoxy) is 1. The van der Waals surface area contributed by atoms with Gasteiger partial charge in [-0.05, 0) is 29.5 Å². The Morgan fingerprint density at radius 1 is 1.33 bits per heavy atom. The van der Waals surface area contributed by atoms with E-state index in [9.17, 15) is 0 Å². The lowest BCUT2D eigenvalue weighted by molar-refractivity contribution is 0.218. The second-order valence-electron chi connectivity index (χ2n) is 3.79. The van der Waals surface area contributed by atoms with Gasteiger partial charge < -0.3 is 4.74 Å². The van der Waals surface area contributed by atoms with Gasteiger partial charge in [-0.3, -0.25) is 0 Å². The fraction of sp³-hybridized carbons (Fsp3) is 0.417. The van der Waals surface area contributed by atoms with Gasteiger partial charge in [-0.25, -0.2) is 0 Å². The van der Waals surface area contributed by atoms with E-state index in [0.29, 0.717) is 0 Å². The molecule has 0 unspecified atom stereocenters. The molecule has 0 amide bonds. The van der Waals surface area contributed by atoms with Crippen LogP contribution in [0.15, 0.2) is 30.3 Å². The molecule has 6 heteroatoms. The van der Waals surface area contributed by atoms with Crippen LogP contribution < -0.4 is 0 Å². The van der Waals surface area contributed by atoms with Gasteiger partial charge >= 0.3 is 0 Å². The summed E-state index contributed by atoms with van der Waals surface area (Å²) in [6, 6.07) is 9.91. The molecular formula is C12H16N4OS. The minimum Gasteiger partial charge on any atom is -0.384 e. The molecule has 1 aromatic carbocycles. The Labute approximate surface area is 111 Å². The van der Waals surface area contributed by atoms with E-state index in [4.69, 9.17) is 4.74 Å². The summed E-state index contributed by atoms with van der Waals surface area (Å²) in [5.41, 5.74) is 0.983. The van der Waals surface area contributed by atoms with Gasteiger partial charge in [-0.1, -0.05) is 18.2 Å². The lowest BCUT2D eigenvalue weighted by Gasteiger charge is -2.10. The number of nitrogens with zero attached hydrogens (tertiary/aromatic N) is 4. The Balaban J connectivity index is 2.12. The zero-order valence-corrected chi connectivity index (χ0v) is 11.3. The first-order valence-corrected chi connectivity index (χ1v) is 6.82. The lowest BCUT2D eigenvalue weighted by Crippen LogP contribution is -2.06. The van der Waals surface area contributed by atoms with E-state index < -0.39 is 0 Å². The molecule has 5 nitrogen and oxygen atoms in total. The fourth-order valence-corrected chi connectivity index (χ4v) is 2.50. The first-order chi connectivity index (χ1) is 8.83. The Bertz CT molecular complexity index is 474. The third-order valence-corrected chi connectivity index (χ3v) is 3.63. The Kier molecular flexibility index (Phi) is 4.72. The van der Waals surface area contributed by atoms with Gasteiger partial charge in [0, 0.05) is 12.9 Å². The molecular weight excluding hydrogens is 248 g/mol. The van der Waals surface area contributed by atoms with Crippen molar-refractivity contribution in [3.63, 3.8) is 0 Å². The van der Waals surface area contributed by atoms with Crippen LogP contribution in [0.5, 0.6) is 0 Å². The molecule has 0 spiro atoms. The molecule has 96 valence electrons. The van der Waals surface area contributed by atoms with E-state index in [1.54, 1.807) is 23.6 Å². The maximum Gasteiger partial charge on any atom is 0.169 e. The van der Waals surface area contributed by atoms with E-state index in [1.807, 2.05) is 30.3 Å². The van der Waals surface area contributed by atoms with Crippen LogP contribution in [0.25, 0.3) is 5.69 Å². The third-order valence-electron chi connectivity index (χ3n) is 2.51. The number of aromatic nitrogens is 4. The van der Waals surface area contributed by atoms with Crippen molar-refractivity contribution in [2.75, 3.05) is 19.5 Å². The molecule has 1 atom stereocenters. The minimum absolute atomic E-state index is 0.232.